The molecule has 2 rings (SSSR count). The van der Waals surface area contributed by atoms with E-state index in [-0.39, 0.29) is 5.91 Å². The molecular weight excluding hydrogens is 274 g/mol. The van der Waals surface area contributed by atoms with Gasteiger partial charge >= 0.3 is 0 Å². The highest BCUT2D eigenvalue weighted by molar-refractivity contribution is 5.93. The minimum Gasteiger partial charge on any atom is -0.489 e. The lowest BCUT2D eigenvalue weighted by Gasteiger charge is -2.14. The van der Waals surface area contributed by atoms with Crippen molar-refractivity contribution in [2.45, 2.75) is 26.4 Å². The van der Waals surface area contributed by atoms with Gasteiger partial charge in [-0.05, 0) is 35.2 Å². The Bertz CT molecular complexity index is 630. The van der Waals surface area contributed by atoms with E-state index in [1.165, 1.54) is 5.56 Å². The number of para-hydroxylation sites is 1. The number of hydrogen-bond acceptors (Lipinski definition) is 2. The van der Waals surface area contributed by atoms with E-state index >= 15 is 0 Å². The Labute approximate surface area is 132 Å². The minimum atomic E-state index is 0.0117. The molecule has 0 fully saturated rings. The van der Waals surface area contributed by atoms with Gasteiger partial charge in [-0.15, -0.1) is 0 Å². The highest BCUT2D eigenvalue weighted by Gasteiger charge is 2.09. The van der Waals surface area contributed by atoms with Crippen LogP contribution in [0.2, 0.25) is 0 Å². The molecule has 2 aromatic carbocycles. The molecule has 0 aromatic heterocycles. The number of carbonyl (C=O) groups excluding carboxylic acids is 1. The van der Waals surface area contributed by atoms with Gasteiger partial charge in [0.15, 0.2) is 0 Å². The Morgan fingerprint density at radius 1 is 1.05 bits per heavy atom. The Balaban J connectivity index is 2.05. The molecule has 0 N–H and O–H groups in total. The molecule has 0 aliphatic carbocycles. The standard InChI is InChI=1S/C19H23NO2/c1-14(2)17-7-5-6-8-18(17)22-13-15-9-11-16(12-10-15)19(21)20(3)4/h5-12,14H,13H2,1-4H3. The van der Waals surface area contributed by atoms with Crippen LogP contribution >= 0.6 is 0 Å². The topological polar surface area (TPSA) is 29.5 Å². The second-order valence-corrected chi connectivity index (χ2v) is 5.88. The van der Waals surface area contributed by atoms with E-state index in [1.54, 1.807) is 19.0 Å². The number of hydrogen-bond donors (Lipinski definition) is 0. The Hall–Kier alpha value is -2.29. The van der Waals surface area contributed by atoms with Gasteiger partial charge in [0, 0.05) is 19.7 Å². The third-order valence-electron chi connectivity index (χ3n) is 3.54. The molecule has 0 heterocycles. The summed E-state index contributed by atoms with van der Waals surface area (Å²) in [5.41, 5.74) is 2.95. The van der Waals surface area contributed by atoms with E-state index in [0.29, 0.717) is 18.1 Å². The smallest absolute Gasteiger partial charge is 0.253 e. The molecule has 0 saturated carbocycles. The lowest BCUT2D eigenvalue weighted by Crippen LogP contribution is -2.21. The highest BCUT2D eigenvalue weighted by Crippen LogP contribution is 2.26. The molecule has 22 heavy (non-hydrogen) atoms. The van der Waals surface area contributed by atoms with Gasteiger partial charge in [0.05, 0.1) is 0 Å². The second-order valence-electron chi connectivity index (χ2n) is 5.88. The van der Waals surface area contributed by atoms with Crippen LogP contribution in [0.3, 0.4) is 0 Å². The van der Waals surface area contributed by atoms with Crippen LogP contribution in [0.15, 0.2) is 48.5 Å². The fourth-order valence-electron chi connectivity index (χ4n) is 2.25. The van der Waals surface area contributed by atoms with Crippen molar-refractivity contribution < 1.29 is 9.53 Å². The van der Waals surface area contributed by atoms with Gasteiger partial charge in [0.2, 0.25) is 0 Å². The monoisotopic (exact) mass is 297 g/mol. The van der Waals surface area contributed by atoms with Crippen molar-refractivity contribution in [3.63, 3.8) is 0 Å². The van der Waals surface area contributed by atoms with E-state index in [9.17, 15) is 4.79 Å². The molecule has 3 nitrogen and oxygen atoms in total. The molecule has 0 bridgehead atoms. The maximum absolute atomic E-state index is 11.8. The SMILES string of the molecule is CC(C)c1ccccc1OCc1ccc(C(=O)N(C)C)cc1. The predicted octanol–water partition coefficient (Wildman–Crippen LogP) is 4.09. The summed E-state index contributed by atoms with van der Waals surface area (Å²) in [6, 6.07) is 15.7. The van der Waals surface area contributed by atoms with E-state index < -0.39 is 0 Å². The summed E-state index contributed by atoms with van der Waals surface area (Å²) >= 11 is 0. The van der Waals surface area contributed by atoms with Crippen molar-refractivity contribution in [3.8, 4) is 5.75 Å². The third-order valence-corrected chi connectivity index (χ3v) is 3.54. The minimum absolute atomic E-state index is 0.0117. The maximum atomic E-state index is 11.8. The number of benzene rings is 2. The molecule has 2 aromatic rings. The van der Waals surface area contributed by atoms with Crippen molar-refractivity contribution >= 4 is 5.91 Å². The molecule has 0 radical (unpaired) electrons. The first-order valence-corrected chi connectivity index (χ1v) is 7.51. The average Bonchev–Trinajstić information content (AvgIpc) is 2.52. The van der Waals surface area contributed by atoms with Gasteiger partial charge < -0.3 is 9.64 Å². The number of ether oxygens (including phenoxy) is 1. The molecule has 3 heteroatoms. The molecule has 116 valence electrons. The summed E-state index contributed by atoms with van der Waals surface area (Å²) < 4.78 is 5.94. The van der Waals surface area contributed by atoms with Crippen LogP contribution in [0.5, 0.6) is 5.75 Å². The number of amides is 1. The highest BCUT2D eigenvalue weighted by atomic mass is 16.5. The van der Waals surface area contributed by atoms with Crippen molar-refractivity contribution in [1.29, 1.82) is 0 Å². The van der Waals surface area contributed by atoms with Gasteiger partial charge in [0.25, 0.3) is 5.91 Å². The summed E-state index contributed by atoms with van der Waals surface area (Å²) in [4.78, 5) is 13.4. The van der Waals surface area contributed by atoms with E-state index in [1.807, 2.05) is 42.5 Å². The molecule has 0 atom stereocenters. The van der Waals surface area contributed by atoms with Gasteiger partial charge in [-0.2, -0.15) is 0 Å². The normalized spacial score (nSPS) is 10.6. The fraction of sp³-hybridized carbons (Fsp3) is 0.316. The third kappa shape index (κ3) is 3.88. The van der Waals surface area contributed by atoms with Crippen LogP contribution in [0, 0.1) is 0 Å². The Morgan fingerprint density at radius 2 is 1.68 bits per heavy atom. The molecule has 0 aliphatic heterocycles. The van der Waals surface area contributed by atoms with Crippen LogP contribution in [-0.4, -0.2) is 24.9 Å². The first kappa shape index (κ1) is 16.1. The first-order chi connectivity index (χ1) is 10.5. The molecule has 0 unspecified atom stereocenters. The van der Waals surface area contributed by atoms with Crippen LogP contribution in [0.1, 0.15) is 41.3 Å². The van der Waals surface area contributed by atoms with Crippen LogP contribution in [0.4, 0.5) is 0 Å². The zero-order valence-corrected chi connectivity index (χ0v) is 13.7. The van der Waals surface area contributed by atoms with Crippen LogP contribution in [0.25, 0.3) is 0 Å². The number of rotatable bonds is 5. The van der Waals surface area contributed by atoms with Gasteiger partial charge in [-0.3, -0.25) is 4.79 Å². The fourth-order valence-corrected chi connectivity index (χ4v) is 2.25. The zero-order valence-electron chi connectivity index (χ0n) is 13.7. The molecule has 0 aliphatic rings. The summed E-state index contributed by atoms with van der Waals surface area (Å²) in [7, 11) is 3.50. The largest absolute Gasteiger partial charge is 0.489 e. The maximum Gasteiger partial charge on any atom is 0.253 e. The average molecular weight is 297 g/mol. The van der Waals surface area contributed by atoms with Gasteiger partial charge in [-0.25, -0.2) is 0 Å². The summed E-state index contributed by atoms with van der Waals surface area (Å²) in [6.07, 6.45) is 0. The lowest BCUT2D eigenvalue weighted by molar-refractivity contribution is 0.0827. The lowest BCUT2D eigenvalue weighted by atomic mass is 10.0. The second kappa shape index (κ2) is 7.12. The quantitative estimate of drug-likeness (QED) is 0.832. The van der Waals surface area contributed by atoms with Crippen molar-refractivity contribution in [2.75, 3.05) is 14.1 Å². The number of carbonyl (C=O) groups is 1. The predicted molar refractivity (Wildman–Crippen MR) is 89.3 cm³/mol. The molecule has 0 saturated heterocycles. The van der Waals surface area contributed by atoms with Crippen molar-refractivity contribution in [3.05, 3.63) is 65.2 Å². The molecule has 1 amide bonds. The van der Waals surface area contributed by atoms with E-state index in [0.717, 1.165) is 11.3 Å². The summed E-state index contributed by atoms with van der Waals surface area (Å²) in [5, 5.41) is 0. The Morgan fingerprint density at radius 3 is 2.27 bits per heavy atom. The summed E-state index contributed by atoms with van der Waals surface area (Å²) in [5.74, 6) is 1.36. The Kier molecular flexibility index (Phi) is 5.21. The van der Waals surface area contributed by atoms with Gasteiger partial charge in [0.1, 0.15) is 12.4 Å². The number of nitrogens with zero attached hydrogens (tertiary/aromatic N) is 1. The molecular formula is C19H23NO2. The van der Waals surface area contributed by atoms with Crippen LogP contribution < -0.4 is 4.74 Å². The zero-order chi connectivity index (χ0) is 16.1. The van der Waals surface area contributed by atoms with Gasteiger partial charge in [-0.1, -0.05) is 44.2 Å². The van der Waals surface area contributed by atoms with E-state index in [4.69, 9.17) is 4.74 Å². The molecule has 0 spiro atoms. The van der Waals surface area contributed by atoms with Crippen molar-refractivity contribution in [2.24, 2.45) is 0 Å². The van der Waals surface area contributed by atoms with Crippen LogP contribution in [-0.2, 0) is 6.61 Å². The van der Waals surface area contributed by atoms with E-state index in [2.05, 4.69) is 19.9 Å². The summed E-state index contributed by atoms with van der Waals surface area (Å²) in [6.45, 7) is 4.81. The van der Waals surface area contributed by atoms with Crippen molar-refractivity contribution in [1.82, 2.24) is 4.90 Å². The first-order valence-electron chi connectivity index (χ1n) is 7.51.